The predicted octanol–water partition coefficient (Wildman–Crippen LogP) is 5.82. The van der Waals surface area contributed by atoms with Gasteiger partial charge in [0.2, 0.25) is 0 Å². The summed E-state index contributed by atoms with van der Waals surface area (Å²) in [5.41, 5.74) is 2.96. The number of nitro groups is 1. The summed E-state index contributed by atoms with van der Waals surface area (Å²) >= 11 is 0. The fourth-order valence-electron chi connectivity index (χ4n) is 5.39. The number of halogens is 3. The van der Waals surface area contributed by atoms with Crippen LogP contribution in [0, 0.1) is 10.1 Å². The number of aryl methyl sites for hydroxylation is 1. The second-order valence-corrected chi connectivity index (χ2v) is 11.1. The van der Waals surface area contributed by atoms with E-state index in [1.54, 1.807) is 16.7 Å². The molecule has 11 nitrogen and oxygen atoms in total. The van der Waals surface area contributed by atoms with E-state index in [0.717, 1.165) is 55.3 Å². The number of benzene rings is 3. The summed E-state index contributed by atoms with van der Waals surface area (Å²) in [7, 11) is 0. The van der Waals surface area contributed by atoms with Crippen LogP contribution in [0.25, 0.3) is 0 Å². The van der Waals surface area contributed by atoms with Gasteiger partial charge in [-0.15, -0.1) is 13.2 Å². The zero-order chi connectivity index (χ0) is 32.1. The monoisotopic (exact) mass is 639 g/mol. The molecule has 6 rings (SSSR count). The van der Waals surface area contributed by atoms with Gasteiger partial charge in [0, 0.05) is 56.4 Å². The van der Waals surface area contributed by atoms with Crippen molar-refractivity contribution in [3.8, 4) is 23.3 Å². The Morgan fingerprint density at radius 2 is 1.63 bits per heavy atom. The maximum absolute atomic E-state index is 12.4. The Morgan fingerprint density at radius 1 is 0.891 bits per heavy atom. The minimum atomic E-state index is -4.72. The third-order valence-electron chi connectivity index (χ3n) is 7.76. The number of alkyl halides is 3. The van der Waals surface area contributed by atoms with Crippen LogP contribution < -0.4 is 23.8 Å². The standard InChI is InChI=1S/C32H32F3N5O6/c33-32(34,35)46-27-8-4-23(5-9-27)21-43-28-3-1-2-24(18-28)19-37-14-16-38(17-15-37)25-6-10-26(11-7-25)44-22-29-12-13-39-20-30(40(41)42)36-31(39)45-29/h1-11,18,20,29H,12-17,19,21-22H2. The average molecular weight is 640 g/mol. The summed E-state index contributed by atoms with van der Waals surface area (Å²) in [6.45, 7) is 5.44. The van der Waals surface area contributed by atoms with Gasteiger partial charge in [0.15, 0.2) is 0 Å². The number of piperazine rings is 1. The van der Waals surface area contributed by atoms with E-state index < -0.39 is 11.3 Å². The summed E-state index contributed by atoms with van der Waals surface area (Å²) in [5.74, 6) is 0.928. The molecule has 46 heavy (non-hydrogen) atoms. The summed E-state index contributed by atoms with van der Waals surface area (Å²) in [6, 6.07) is 21.7. The molecule has 0 N–H and O–H groups in total. The number of rotatable bonds is 11. The van der Waals surface area contributed by atoms with Crippen molar-refractivity contribution in [3.05, 3.63) is 100 Å². The Labute approximate surface area is 262 Å². The molecule has 1 aromatic heterocycles. The molecule has 2 aliphatic rings. The summed E-state index contributed by atoms with van der Waals surface area (Å²) in [4.78, 5) is 19.1. The number of hydrogen-bond acceptors (Lipinski definition) is 9. The van der Waals surface area contributed by atoms with Crippen LogP contribution in [-0.2, 0) is 19.7 Å². The molecule has 0 amide bonds. The molecule has 1 unspecified atom stereocenters. The molecule has 14 heteroatoms. The van der Waals surface area contributed by atoms with Crippen LogP contribution in [0.5, 0.6) is 23.3 Å². The number of nitrogens with zero attached hydrogens (tertiary/aromatic N) is 5. The second-order valence-electron chi connectivity index (χ2n) is 11.1. The van der Waals surface area contributed by atoms with Crippen LogP contribution in [0.4, 0.5) is 24.7 Å². The van der Waals surface area contributed by atoms with Gasteiger partial charge in [0.1, 0.15) is 42.8 Å². The third kappa shape index (κ3) is 8.18. The van der Waals surface area contributed by atoms with E-state index >= 15 is 0 Å². The zero-order valence-electron chi connectivity index (χ0n) is 24.8. The van der Waals surface area contributed by atoms with E-state index in [9.17, 15) is 23.3 Å². The van der Waals surface area contributed by atoms with E-state index in [-0.39, 0.29) is 30.3 Å². The molecule has 0 aliphatic carbocycles. The fourth-order valence-corrected chi connectivity index (χ4v) is 5.39. The number of ether oxygens (including phenoxy) is 4. The van der Waals surface area contributed by atoms with Crippen LogP contribution in [-0.4, -0.2) is 64.6 Å². The highest BCUT2D eigenvalue weighted by Gasteiger charge is 2.31. The summed E-state index contributed by atoms with van der Waals surface area (Å²) < 4.78 is 60.3. The van der Waals surface area contributed by atoms with Gasteiger partial charge in [-0.1, -0.05) is 24.3 Å². The van der Waals surface area contributed by atoms with E-state index in [1.165, 1.54) is 18.3 Å². The number of hydrogen-bond donors (Lipinski definition) is 0. The van der Waals surface area contributed by atoms with Crippen LogP contribution in [0.2, 0.25) is 0 Å². The molecule has 3 heterocycles. The van der Waals surface area contributed by atoms with E-state index in [0.29, 0.717) is 25.3 Å². The Balaban J connectivity index is 0.928. The fraction of sp³-hybridized carbons (Fsp3) is 0.344. The molecule has 4 aromatic rings. The van der Waals surface area contributed by atoms with Crippen LogP contribution in [0.3, 0.4) is 0 Å². The maximum Gasteiger partial charge on any atom is 0.573 e. The first-order valence-electron chi connectivity index (χ1n) is 14.8. The lowest BCUT2D eigenvalue weighted by atomic mass is 10.1. The Kier molecular flexibility index (Phi) is 9.15. The largest absolute Gasteiger partial charge is 0.573 e. The van der Waals surface area contributed by atoms with Crippen molar-refractivity contribution in [1.29, 1.82) is 0 Å². The Hall–Kier alpha value is -4.98. The summed E-state index contributed by atoms with van der Waals surface area (Å²) in [5, 5.41) is 11.0. The third-order valence-corrected chi connectivity index (χ3v) is 7.76. The van der Waals surface area contributed by atoms with Crippen molar-refractivity contribution in [2.45, 2.75) is 38.6 Å². The van der Waals surface area contributed by atoms with E-state index in [4.69, 9.17) is 14.2 Å². The smallest absolute Gasteiger partial charge is 0.490 e. The first kappa shape index (κ1) is 31.0. The average Bonchev–Trinajstić information content (AvgIpc) is 3.48. The molecule has 0 saturated carbocycles. The molecular formula is C32H32F3N5O6. The lowest BCUT2D eigenvalue weighted by molar-refractivity contribution is -0.389. The van der Waals surface area contributed by atoms with Gasteiger partial charge in [-0.3, -0.25) is 9.47 Å². The van der Waals surface area contributed by atoms with Crippen LogP contribution >= 0.6 is 0 Å². The van der Waals surface area contributed by atoms with Crippen LogP contribution in [0.15, 0.2) is 79.0 Å². The van der Waals surface area contributed by atoms with Gasteiger partial charge >= 0.3 is 18.2 Å². The van der Waals surface area contributed by atoms with Gasteiger partial charge in [-0.05, 0) is 64.6 Å². The second kappa shape index (κ2) is 13.6. The molecule has 1 atom stereocenters. The molecule has 0 spiro atoms. The van der Waals surface area contributed by atoms with Crippen molar-refractivity contribution in [2.75, 3.05) is 37.7 Å². The molecule has 0 bridgehead atoms. The highest BCUT2D eigenvalue weighted by Crippen LogP contribution is 2.27. The number of aromatic nitrogens is 2. The minimum absolute atomic E-state index is 0.224. The molecule has 1 saturated heterocycles. The van der Waals surface area contributed by atoms with Crippen molar-refractivity contribution in [3.63, 3.8) is 0 Å². The lowest BCUT2D eigenvalue weighted by Crippen LogP contribution is -2.45. The first-order valence-corrected chi connectivity index (χ1v) is 14.8. The maximum atomic E-state index is 12.4. The first-order chi connectivity index (χ1) is 22.2. The molecule has 1 fully saturated rings. The Bertz CT molecular complexity index is 1620. The topological polar surface area (TPSA) is 104 Å². The minimum Gasteiger partial charge on any atom is -0.490 e. The highest BCUT2D eigenvalue weighted by atomic mass is 19.4. The quantitative estimate of drug-likeness (QED) is 0.148. The van der Waals surface area contributed by atoms with Crippen LogP contribution in [0.1, 0.15) is 17.5 Å². The normalized spacial score (nSPS) is 16.8. The van der Waals surface area contributed by atoms with E-state index in [1.807, 2.05) is 42.5 Å². The van der Waals surface area contributed by atoms with Crippen molar-refractivity contribution < 1.29 is 37.0 Å². The van der Waals surface area contributed by atoms with Crippen molar-refractivity contribution >= 4 is 11.5 Å². The number of imidazole rings is 1. The zero-order valence-corrected chi connectivity index (χ0v) is 24.8. The van der Waals surface area contributed by atoms with Crippen molar-refractivity contribution in [2.24, 2.45) is 0 Å². The Morgan fingerprint density at radius 3 is 2.35 bits per heavy atom. The molecule has 2 aliphatic heterocycles. The number of anilines is 1. The van der Waals surface area contributed by atoms with Gasteiger partial charge in [0.05, 0.1) is 0 Å². The molecular weight excluding hydrogens is 607 g/mol. The van der Waals surface area contributed by atoms with Gasteiger partial charge in [0.25, 0.3) is 0 Å². The molecule has 3 aromatic carbocycles. The number of fused-ring (bicyclic) bond motifs is 1. The molecule has 0 radical (unpaired) electrons. The molecule has 242 valence electrons. The van der Waals surface area contributed by atoms with Gasteiger partial charge in [-0.2, -0.15) is 0 Å². The van der Waals surface area contributed by atoms with Crippen molar-refractivity contribution in [1.82, 2.24) is 14.5 Å². The van der Waals surface area contributed by atoms with Gasteiger partial charge < -0.3 is 34.0 Å². The van der Waals surface area contributed by atoms with E-state index in [2.05, 4.69) is 25.6 Å². The highest BCUT2D eigenvalue weighted by molar-refractivity contribution is 5.49. The van der Waals surface area contributed by atoms with Gasteiger partial charge in [-0.25, -0.2) is 0 Å². The lowest BCUT2D eigenvalue weighted by Gasteiger charge is -2.36. The predicted molar refractivity (Wildman–Crippen MR) is 161 cm³/mol. The SMILES string of the molecule is O=[N+]([O-])c1cn2c(n1)OC(COc1ccc(N3CCN(Cc4cccc(OCc5ccc(OC(F)(F)F)cc5)c4)CC3)cc1)CC2. The summed E-state index contributed by atoms with van der Waals surface area (Å²) in [6.07, 6.45) is -2.90.